The lowest BCUT2D eigenvalue weighted by atomic mass is 9.88. The first-order chi connectivity index (χ1) is 14.5. The number of rotatable bonds is 11. The SMILES string of the molecule is CC[Si](CC)(CC)C(=C/C1CCCCC1)/C(=C\C1CCCCC1)[Si](CC)(CC)CC. The predicted molar refractivity (Wildman–Crippen MR) is 144 cm³/mol. The van der Waals surface area contributed by atoms with Crippen molar-refractivity contribution >= 4 is 16.1 Å². The molecule has 30 heavy (non-hydrogen) atoms. The molecule has 2 heteroatoms. The van der Waals surface area contributed by atoms with E-state index in [1.165, 1.54) is 100 Å². The van der Waals surface area contributed by atoms with Crippen LogP contribution in [-0.4, -0.2) is 16.1 Å². The lowest BCUT2D eigenvalue weighted by Gasteiger charge is -2.42. The minimum atomic E-state index is -1.41. The average molecular weight is 447 g/mol. The molecule has 174 valence electrons. The van der Waals surface area contributed by atoms with E-state index in [-0.39, 0.29) is 0 Å². The summed E-state index contributed by atoms with van der Waals surface area (Å²) in [5.74, 6) is 1.74. The van der Waals surface area contributed by atoms with Gasteiger partial charge in [-0.15, -0.1) is 0 Å². The van der Waals surface area contributed by atoms with E-state index < -0.39 is 16.1 Å². The molecule has 0 heterocycles. The zero-order chi connectivity index (χ0) is 22.0. The van der Waals surface area contributed by atoms with Crippen LogP contribution in [0.25, 0.3) is 0 Å². The van der Waals surface area contributed by atoms with Crippen molar-refractivity contribution in [3.63, 3.8) is 0 Å². The maximum absolute atomic E-state index is 2.94. The van der Waals surface area contributed by atoms with Gasteiger partial charge in [0.05, 0.1) is 16.1 Å². The molecular weight excluding hydrogens is 392 g/mol. The standard InChI is InChI=1S/C28H54Si2/c1-7-29(8-2,9-3)27(23-25-19-15-13-16-20-25)28(30(10-4,11-5)12-6)24-26-21-17-14-18-22-26/h23-26H,7-22H2,1-6H3/b27-23+,28-24+. The third kappa shape index (κ3) is 6.03. The van der Waals surface area contributed by atoms with Crippen LogP contribution in [0.4, 0.5) is 0 Å². The molecule has 0 spiro atoms. The summed E-state index contributed by atoms with van der Waals surface area (Å²) < 4.78 is 0. The van der Waals surface area contributed by atoms with Gasteiger partial charge in [-0.3, -0.25) is 0 Å². The lowest BCUT2D eigenvalue weighted by molar-refractivity contribution is 0.417. The molecule has 0 amide bonds. The quantitative estimate of drug-likeness (QED) is 0.219. The highest BCUT2D eigenvalue weighted by atomic mass is 28.3. The molecule has 0 saturated heterocycles. The monoisotopic (exact) mass is 446 g/mol. The molecule has 0 aromatic heterocycles. The van der Waals surface area contributed by atoms with Gasteiger partial charge in [-0.1, -0.05) is 139 Å². The van der Waals surface area contributed by atoms with E-state index in [4.69, 9.17) is 0 Å². The maximum atomic E-state index is 2.94. The molecule has 0 aliphatic heterocycles. The smallest absolute Gasteiger partial charge is 0.0823 e. The zero-order valence-corrected chi connectivity index (χ0v) is 23.6. The molecule has 0 atom stereocenters. The van der Waals surface area contributed by atoms with E-state index in [0.29, 0.717) is 0 Å². The Morgan fingerprint density at radius 3 is 1.00 bits per heavy atom. The van der Waals surface area contributed by atoms with Gasteiger partial charge >= 0.3 is 0 Å². The van der Waals surface area contributed by atoms with E-state index in [0.717, 1.165) is 11.8 Å². The third-order valence-electron chi connectivity index (χ3n) is 9.60. The second-order valence-electron chi connectivity index (χ2n) is 10.6. The van der Waals surface area contributed by atoms with Gasteiger partial charge in [0.2, 0.25) is 0 Å². The van der Waals surface area contributed by atoms with E-state index in [1.807, 2.05) is 10.4 Å². The fourth-order valence-corrected chi connectivity index (χ4v) is 16.2. The fraction of sp³-hybridized carbons (Fsp3) is 0.857. The predicted octanol–water partition coefficient (Wildman–Crippen LogP) is 10.1. The average Bonchev–Trinajstić information content (AvgIpc) is 2.82. The van der Waals surface area contributed by atoms with Crippen LogP contribution in [0.1, 0.15) is 106 Å². The van der Waals surface area contributed by atoms with Crippen LogP contribution in [0, 0.1) is 11.8 Å². The van der Waals surface area contributed by atoms with Gasteiger partial charge in [0.1, 0.15) is 0 Å². The molecule has 0 nitrogen and oxygen atoms in total. The first-order valence-electron chi connectivity index (χ1n) is 14.0. The van der Waals surface area contributed by atoms with Crippen LogP contribution in [0.15, 0.2) is 22.5 Å². The van der Waals surface area contributed by atoms with E-state index in [2.05, 4.69) is 53.7 Å². The number of hydrogen-bond acceptors (Lipinski definition) is 0. The summed E-state index contributed by atoms with van der Waals surface area (Å²) in [6.07, 6.45) is 20.5. The molecule has 2 fully saturated rings. The Bertz CT molecular complexity index is 472. The molecule has 0 unspecified atom stereocenters. The van der Waals surface area contributed by atoms with Crippen molar-refractivity contribution in [2.45, 2.75) is 142 Å². The Hall–Kier alpha value is -0.0862. The first-order valence-corrected chi connectivity index (χ1v) is 19.2. The molecule has 0 aromatic carbocycles. The molecular formula is C28H54Si2. The second kappa shape index (κ2) is 12.8. The van der Waals surface area contributed by atoms with Crippen LogP contribution in [0.5, 0.6) is 0 Å². The summed E-state index contributed by atoms with van der Waals surface area (Å²) in [7, 11) is -2.82. The van der Waals surface area contributed by atoms with Gasteiger partial charge in [-0.2, -0.15) is 0 Å². The van der Waals surface area contributed by atoms with Crippen molar-refractivity contribution in [1.29, 1.82) is 0 Å². The Balaban J connectivity index is 2.65. The van der Waals surface area contributed by atoms with E-state index >= 15 is 0 Å². The first kappa shape index (κ1) is 26.2. The molecule has 0 aromatic rings. The Morgan fingerprint density at radius 2 is 0.767 bits per heavy atom. The third-order valence-corrected chi connectivity index (χ3v) is 21.1. The topological polar surface area (TPSA) is 0 Å². The summed E-state index contributed by atoms with van der Waals surface area (Å²) >= 11 is 0. The van der Waals surface area contributed by atoms with Crippen LogP contribution in [0.2, 0.25) is 36.3 Å². The van der Waals surface area contributed by atoms with Crippen LogP contribution < -0.4 is 0 Å². The maximum Gasteiger partial charge on any atom is 0.0853 e. The highest BCUT2D eigenvalue weighted by Gasteiger charge is 2.41. The Labute approximate surface area is 192 Å². The second-order valence-corrected chi connectivity index (χ2v) is 21.1. The lowest BCUT2D eigenvalue weighted by Crippen LogP contribution is -2.44. The molecule has 2 aliphatic rings. The molecule has 2 saturated carbocycles. The van der Waals surface area contributed by atoms with Crippen molar-refractivity contribution in [2.75, 3.05) is 0 Å². The van der Waals surface area contributed by atoms with Crippen LogP contribution in [0.3, 0.4) is 0 Å². The van der Waals surface area contributed by atoms with E-state index in [1.54, 1.807) is 0 Å². The molecule has 0 bridgehead atoms. The normalized spacial score (nSPS) is 21.3. The Morgan fingerprint density at radius 1 is 0.500 bits per heavy atom. The molecule has 2 rings (SSSR count). The molecule has 2 aliphatic carbocycles. The number of hydrogen-bond donors (Lipinski definition) is 0. The minimum Gasteiger partial charge on any atom is -0.0823 e. The highest BCUT2D eigenvalue weighted by molar-refractivity contribution is 6.95. The summed E-state index contributed by atoms with van der Waals surface area (Å²) in [6.45, 7) is 15.2. The largest absolute Gasteiger partial charge is 0.0853 e. The molecule has 0 N–H and O–H groups in total. The van der Waals surface area contributed by atoms with Crippen molar-refractivity contribution in [3.05, 3.63) is 22.5 Å². The number of allylic oxidation sites excluding steroid dienone is 4. The van der Waals surface area contributed by atoms with Crippen molar-refractivity contribution in [3.8, 4) is 0 Å². The summed E-state index contributed by atoms with van der Waals surface area (Å²) in [5, 5.41) is 4.01. The van der Waals surface area contributed by atoms with Crippen LogP contribution >= 0.6 is 0 Å². The molecule has 0 radical (unpaired) electrons. The highest BCUT2D eigenvalue weighted by Crippen LogP contribution is 2.44. The fourth-order valence-electron chi connectivity index (χ4n) is 6.82. The van der Waals surface area contributed by atoms with Crippen LogP contribution in [-0.2, 0) is 0 Å². The minimum absolute atomic E-state index is 0.872. The van der Waals surface area contributed by atoms with Gasteiger partial charge in [-0.25, -0.2) is 0 Å². The van der Waals surface area contributed by atoms with Gasteiger partial charge < -0.3 is 0 Å². The summed E-state index contributed by atoms with van der Waals surface area (Å²) in [4.78, 5) is 0. The van der Waals surface area contributed by atoms with Crippen molar-refractivity contribution < 1.29 is 0 Å². The summed E-state index contributed by atoms with van der Waals surface area (Å²) in [5.41, 5.74) is 0. The van der Waals surface area contributed by atoms with Gasteiger partial charge in [-0.05, 0) is 37.5 Å². The van der Waals surface area contributed by atoms with E-state index in [9.17, 15) is 0 Å². The Kier molecular flexibility index (Phi) is 11.2. The van der Waals surface area contributed by atoms with Crippen molar-refractivity contribution in [1.82, 2.24) is 0 Å². The van der Waals surface area contributed by atoms with Crippen molar-refractivity contribution in [2.24, 2.45) is 11.8 Å². The van der Waals surface area contributed by atoms with Gasteiger partial charge in [0.25, 0.3) is 0 Å². The zero-order valence-electron chi connectivity index (χ0n) is 21.6. The summed E-state index contributed by atoms with van der Waals surface area (Å²) in [6, 6.07) is 8.68. The van der Waals surface area contributed by atoms with Gasteiger partial charge in [0.15, 0.2) is 0 Å². The van der Waals surface area contributed by atoms with Gasteiger partial charge in [0, 0.05) is 0 Å².